The Bertz CT molecular complexity index is 519. The molecule has 0 fully saturated rings. The van der Waals surface area contributed by atoms with Crippen molar-refractivity contribution in [1.29, 1.82) is 0 Å². The number of rotatable bonds is 7. The first-order chi connectivity index (χ1) is 9.85. The second kappa shape index (κ2) is 7.46. The Labute approximate surface area is 120 Å². The Morgan fingerprint density at radius 2 is 1.90 bits per heavy atom. The number of aromatic hydroxyl groups is 2. The van der Waals surface area contributed by atoms with Crippen molar-refractivity contribution >= 4 is 11.9 Å². The molecule has 0 unspecified atom stereocenters. The monoisotopic (exact) mass is 298 g/mol. The lowest BCUT2D eigenvalue weighted by molar-refractivity contribution is -0.142. The highest BCUT2D eigenvalue weighted by Gasteiger charge is 2.23. The van der Waals surface area contributed by atoms with E-state index in [1.807, 2.05) is 0 Å². The van der Waals surface area contributed by atoms with Crippen molar-refractivity contribution in [3.8, 4) is 11.5 Å². The normalized spacial score (nSPS) is 13.4. The molecule has 0 radical (unpaired) electrons. The lowest BCUT2D eigenvalue weighted by Crippen LogP contribution is -2.49. The van der Waals surface area contributed by atoms with Gasteiger partial charge in [-0.1, -0.05) is 6.07 Å². The number of nitrogens with one attached hydrogen (secondary N) is 1. The summed E-state index contributed by atoms with van der Waals surface area (Å²) in [5.74, 6) is -2.55. The molecule has 1 aromatic carbocycles. The Morgan fingerprint density at radius 3 is 2.43 bits per heavy atom. The predicted molar refractivity (Wildman–Crippen MR) is 72.7 cm³/mol. The fourth-order valence-electron chi connectivity index (χ4n) is 1.71. The molecule has 7 N–H and O–H groups in total. The van der Waals surface area contributed by atoms with Crippen LogP contribution in [0.3, 0.4) is 0 Å². The maximum atomic E-state index is 11.8. The van der Waals surface area contributed by atoms with Crippen molar-refractivity contribution < 1.29 is 30.0 Å². The molecule has 0 aromatic heterocycles. The van der Waals surface area contributed by atoms with Gasteiger partial charge >= 0.3 is 5.97 Å². The number of carboxylic acid groups (broad SMARTS) is 1. The number of phenolic OH excluding ortho intramolecular Hbond substituents is 2. The molecule has 2 atom stereocenters. The molecule has 1 amide bonds. The molecule has 0 saturated heterocycles. The van der Waals surface area contributed by atoms with Crippen molar-refractivity contribution in [3.05, 3.63) is 23.8 Å². The van der Waals surface area contributed by atoms with Gasteiger partial charge in [-0.15, -0.1) is 0 Å². The predicted octanol–water partition coefficient (Wildman–Crippen LogP) is -1.08. The number of carbonyl (C=O) groups excluding carboxylic acids is 1. The average Bonchev–Trinajstić information content (AvgIpc) is 2.42. The van der Waals surface area contributed by atoms with Crippen molar-refractivity contribution in [1.82, 2.24) is 5.32 Å². The van der Waals surface area contributed by atoms with E-state index in [-0.39, 0.29) is 30.9 Å². The number of phenols is 2. The largest absolute Gasteiger partial charge is 0.504 e. The summed E-state index contributed by atoms with van der Waals surface area (Å²) in [6.45, 7) is -0.377. The number of aliphatic carboxylic acids is 1. The average molecular weight is 298 g/mol. The molecule has 0 bridgehead atoms. The number of hydrogen-bond donors (Lipinski definition) is 6. The second-order valence-corrected chi connectivity index (χ2v) is 4.55. The van der Waals surface area contributed by atoms with Gasteiger partial charge in [0.2, 0.25) is 5.91 Å². The summed E-state index contributed by atoms with van der Waals surface area (Å²) in [7, 11) is 0. The Hall–Kier alpha value is -2.32. The van der Waals surface area contributed by atoms with Crippen LogP contribution in [0.2, 0.25) is 0 Å². The van der Waals surface area contributed by atoms with E-state index in [1.54, 1.807) is 0 Å². The van der Waals surface area contributed by atoms with Gasteiger partial charge in [-0.2, -0.15) is 0 Å². The van der Waals surface area contributed by atoms with Gasteiger partial charge in [0.25, 0.3) is 0 Å². The number of aliphatic hydroxyl groups excluding tert-OH is 1. The van der Waals surface area contributed by atoms with E-state index in [0.717, 1.165) is 0 Å². The quantitative estimate of drug-likeness (QED) is 0.350. The summed E-state index contributed by atoms with van der Waals surface area (Å²) in [5.41, 5.74) is 6.19. The molecule has 1 rings (SSSR count). The summed E-state index contributed by atoms with van der Waals surface area (Å²) in [6.07, 6.45) is -0.0566. The summed E-state index contributed by atoms with van der Waals surface area (Å²) in [5, 5.41) is 38.3. The summed E-state index contributed by atoms with van der Waals surface area (Å²) < 4.78 is 0. The number of carboxylic acids is 1. The maximum Gasteiger partial charge on any atom is 0.326 e. The molecule has 8 nitrogen and oxygen atoms in total. The maximum absolute atomic E-state index is 11.8. The number of hydrogen-bond acceptors (Lipinski definition) is 6. The van der Waals surface area contributed by atoms with Gasteiger partial charge in [-0.25, -0.2) is 4.79 Å². The smallest absolute Gasteiger partial charge is 0.326 e. The molecule has 0 heterocycles. The minimum Gasteiger partial charge on any atom is -0.504 e. The highest BCUT2D eigenvalue weighted by molar-refractivity contribution is 5.87. The van der Waals surface area contributed by atoms with Gasteiger partial charge in [0.05, 0.1) is 6.04 Å². The van der Waals surface area contributed by atoms with Crippen LogP contribution in [-0.2, 0) is 16.0 Å². The minimum atomic E-state index is -1.26. The van der Waals surface area contributed by atoms with Crippen LogP contribution in [0.1, 0.15) is 12.0 Å². The molecule has 0 aliphatic heterocycles. The SMILES string of the molecule is N[C@@H](Cc1ccc(O)c(O)c1)C(=O)N[C@@H](CCO)C(=O)O. The fraction of sp³-hybridized carbons (Fsp3) is 0.385. The molecular formula is C13H18N2O6. The molecular weight excluding hydrogens is 280 g/mol. The first-order valence-electron chi connectivity index (χ1n) is 6.25. The third kappa shape index (κ3) is 4.93. The molecule has 116 valence electrons. The van der Waals surface area contributed by atoms with Crippen molar-refractivity contribution in [2.45, 2.75) is 24.9 Å². The highest BCUT2D eigenvalue weighted by Crippen LogP contribution is 2.25. The molecule has 0 saturated carbocycles. The van der Waals surface area contributed by atoms with Gasteiger partial charge in [-0.05, 0) is 24.1 Å². The van der Waals surface area contributed by atoms with Gasteiger partial charge in [-0.3, -0.25) is 4.79 Å². The van der Waals surface area contributed by atoms with Crippen LogP contribution in [0.4, 0.5) is 0 Å². The van der Waals surface area contributed by atoms with E-state index in [4.69, 9.17) is 15.9 Å². The number of benzene rings is 1. The Kier molecular flexibility index (Phi) is 5.94. The van der Waals surface area contributed by atoms with E-state index >= 15 is 0 Å². The zero-order chi connectivity index (χ0) is 16.0. The van der Waals surface area contributed by atoms with Gasteiger partial charge in [0.1, 0.15) is 6.04 Å². The van der Waals surface area contributed by atoms with E-state index in [9.17, 15) is 19.8 Å². The van der Waals surface area contributed by atoms with E-state index < -0.39 is 24.0 Å². The number of carbonyl (C=O) groups is 2. The molecule has 21 heavy (non-hydrogen) atoms. The van der Waals surface area contributed by atoms with Crippen molar-refractivity contribution in [2.75, 3.05) is 6.61 Å². The zero-order valence-electron chi connectivity index (χ0n) is 11.2. The third-order valence-electron chi connectivity index (χ3n) is 2.86. The molecule has 8 heteroatoms. The van der Waals surface area contributed by atoms with Crippen LogP contribution in [0, 0.1) is 0 Å². The number of nitrogens with two attached hydrogens (primary N) is 1. The van der Waals surface area contributed by atoms with Crippen molar-refractivity contribution in [3.63, 3.8) is 0 Å². The number of amides is 1. The number of aliphatic hydroxyl groups is 1. The topological polar surface area (TPSA) is 153 Å². The molecule has 1 aromatic rings. The third-order valence-corrected chi connectivity index (χ3v) is 2.86. The Balaban J connectivity index is 2.65. The van der Waals surface area contributed by atoms with Gasteiger partial charge < -0.3 is 31.5 Å². The van der Waals surface area contributed by atoms with Crippen LogP contribution in [-0.4, -0.2) is 51.0 Å². The summed E-state index contributed by atoms with van der Waals surface area (Å²) >= 11 is 0. The lowest BCUT2D eigenvalue weighted by atomic mass is 10.0. The van der Waals surface area contributed by atoms with Crippen LogP contribution in [0.25, 0.3) is 0 Å². The van der Waals surface area contributed by atoms with Crippen molar-refractivity contribution in [2.24, 2.45) is 5.73 Å². The molecule has 0 aliphatic carbocycles. The summed E-state index contributed by atoms with van der Waals surface area (Å²) in [6, 6.07) is 1.80. The van der Waals surface area contributed by atoms with E-state index in [1.165, 1.54) is 18.2 Å². The standard InChI is InChI=1S/C13H18N2O6/c14-8(5-7-1-2-10(17)11(18)6-7)12(19)15-9(3-4-16)13(20)21/h1-2,6,8-9,16-18H,3-5,14H2,(H,15,19)(H,20,21)/t8-,9-/m0/s1. The van der Waals surface area contributed by atoms with Crippen LogP contribution in [0.15, 0.2) is 18.2 Å². The lowest BCUT2D eigenvalue weighted by Gasteiger charge is -2.17. The Morgan fingerprint density at radius 1 is 1.24 bits per heavy atom. The summed E-state index contributed by atoms with van der Waals surface area (Å²) in [4.78, 5) is 22.7. The van der Waals surface area contributed by atoms with Gasteiger partial charge in [0.15, 0.2) is 11.5 Å². The van der Waals surface area contributed by atoms with Crippen LogP contribution in [0.5, 0.6) is 11.5 Å². The van der Waals surface area contributed by atoms with Crippen LogP contribution >= 0.6 is 0 Å². The zero-order valence-corrected chi connectivity index (χ0v) is 11.2. The van der Waals surface area contributed by atoms with E-state index in [2.05, 4.69) is 5.32 Å². The van der Waals surface area contributed by atoms with Crippen LogP contribution < -0.4 is 11.1 Å². The minimum absolute atomic E-state index is 0.0607. The van der Waals surface area contributed by atoms with Gasteiger partial charge in [0, 0.05) is 13.0 Å². The van der Waals surface area contributed by atoms with E-state index in [0.29, 0.717) is 5.56 Å². The molecule has 0 spiro atoms. The second-order valence-electron chi connectivity index (χ2n) is 4.55. The first kappa shape index (κ1) is 16.7. The molecule has 0 aliphatic rings. The highest BCUT2D eigenvalue weighted by atomic mass is 16.4. The fourth-order valence-corrected chi connectivity index (χ4v) is 1.71. The first-order valence-corrected chi connectivity index (χ1v) is 6.25.